The van der Waals surface area contributed by atoms with Gasteiger partial charge in [-0.05, 0) is 31.2 Å². The van der Waals surface area contributed by atoms with Crippen LogP contribution < -0.4 is 5.56 Å². The first-order valence-corrected chi connectivity index (χ1v) is 5.95. The summed E-state index contributed by atoms with van der Waals surface area (Å²) in [6.45, 7) is 1.74. The standard InChI is InChI=1S/C12H10N2O3S/c1-7-6-10(15)14-12(13-7)18-9-4-2-8(3-5-9)11(16)17/h2-6H,1H3,(H,16,17)(H,13,14,15). The van der Waals surface area contributed by atoms with Crippen molar-refractivity contribution in [3.8, 4) is 0 Å². The van der Waals surface area contributed by atoms with Crippen LogP contribution in [0.3, 0.4) is 0 Å². The molecule has 2 N–H and O–H groups in total. The van der Waals surface area contributed by atoms with Crippen LogP contribution in [0.2, 0.25) is 0 Å². The van der Waals surface area contributed by atoms with Crippen LogP contribution in [0.15, 0.2) is 45.2 Å². The predicted octanol–water partition coefficient (Wildman–Crippen LogP) is 1.93. The molecule has 0 amide bonds. The van der Waals surface area contributed by atoms with Crippen LogP contribution in [0.1, 0.15) is 16.1 Å². The molecule has 2 rings (SSSR count). The number of aromatic amines is 1. The summed E-state index contributed by atoms with van der Waals surface area (Å²) in [6.07, 6.45) is 0. The van der Waals surface area contributed by atoms with Gasteiger partial charge in [-0.25, -0.2) is 9.78 Å². The van der Waals surface area contributed by atoms with E-state index in [1.807, 2.05) is 0 Å². The van der Waals surface area contributed by atoms with Crippen molar-refractivity contribution in [3.05, 3.63) is 51.9 Å². The first-order valence-electron chi connectivity index (χ1n) is 5.14. The molecule has 0 aliphatic rings. The molecule has 0 saturated heterocycles. The summed E-state index contributed by atoms with van der Waals surface area (Å²) in [4.78, 5) is 29.6. The average molecular weight is 262 g/mol. The number of carboxylic acids is 1. The zero-order valence-electron chi connectivity index (χ0n) is 9.51. The molecule has 92 valence electrons. The molecule has 0 saturated carbocycles. The quantitative estimate of drug-likeness (QED) is 0.826. The summed E-state index contributed by atoms with van der Waals surface area (Å²) in [5.74, 6) is -0.964. The van der Waals surface area contributed by atoms with Crippen molar-refractivity contribution in [2.75, 3.05) is 0 Å². The Morgan fingerprint density at radius 3 is 2.56 bits per heavy atom. The van der Waals surface area contributed by atoms with Crippen LogP contribution in [0.25, 0.3) is 0 Å². The highest BCUT2D eigenvalue weighted by Gasteiger charge is 2.04. The molecule has 0 fully saturated rings. The van der Waals surface area contributed by atoms with Gasteiger partial charge in [-0.2, -0.15) is 0 Å². The number of aromatic carboxylic acids is 1. The molecule has 0 aliphatic carbocycles. The van der Waals surface area contributed by atoms with E-state index in [1.54, 1.807) is 19.1 Å². The monoisotopic (exact) mass is 262 g/mol. The van der Waals surface area contributed by atoms with Gasteiger partial charge in [-0.3, -0.25) is 4.79 Å². The van der Waals surface area contributed by atoms with E-state index in [2.05, 4.69) is 9.97 Å². The topological polar surface area (TPSA) is 83.0 Å². The number of carboxylic acid groups (broad SMARTS) is 1. The SMILES string of the molecule is Cc1cc(=O)[nH]c(Sc2ccc(C(=O)O)cc2)n1. The van der Waals surface area contributed by atoms with Crippen molar-refractivity contribution in [1.29, 1.82) is 0 Å². The van der Waals surface area contributed by atoms with Gasteiger partial charge in [-0.15, -0.1) is 0 Å². The Balaban J connectivity index is 2.23. The van der Waals surface area contributed by atoms with Crippen LogP contribution >= 0.6 is 11.8 Å². The van der Waals surface area contributed by atoms with Crippen molar-refractivity contribution in [1.82, 2.24) is 9.97 Å². The number of nitrogens with zero attached hydrogens (tertiary/aromatic N) is 1. The predicted molar refractivity (Wildman–Crippen MR) is 67.1 cm³/mol. The highest BCUT2D eigenvalue weighted by atomic mass is 32.2. The van der Waals surface area contributed by atoms with E-state index in [4.69, 9.17) is 5.11 Å². The van der Waals surface area contributed by atoms with Gasteiger partial charge < -0.3 is 10.1 Å². The lowest BCUT2D eigenvalue weighted by Gasteiger charge is -2.02. The van der Waals surface area contributed by atoms with E-state index in [0.717, 1.165) is 4.90 Å². The fourth-order valence-electron chi connectivity index (χ4n) is 1.38. The molecule has 0 spiro atoms. The fourth-order valence-corrected chi connectivity index (χ4v) is 2.21. The Bertz CT molecular complexity index is 635. The Morgan fingerprint density at radius 1 is 1.33 bits per heavy atom. The molecule has 0 atom stereocenters. The van der Waals surface area contributed by atoms with E-state index in [0.29, 0.717) is 10.9 Å². The third-order valence-electron chi connectivity index (χ3n) is 2.16. The summed E-state index contributed by atoms with van der Waals surface area (Å²) in [5, 5.41) is 9.26. The molecule has 2 aromatic rings. The Hall–Kier alpha value is -2.08. The van der Waals surface area contributed by atoms with E-state index in [9.17, 15) is 9.59 Å². The zero-order valence-corrected chi connectivity index (χ0v) is 10.3. The third kappa shape index (κ3) is 2.98. The molecule has 1 heterocycles. The number of carbonyl (C=O) groups is 1. The largest absolute Gasteiger partial charge is 0.478 e. The van der Waals surface area contributed by atoms with Crippen molar-refractivity contribution in [3.63, 3.8) is 0 Å². The molecule has 18 heavy (non-hydrogen) atoms. The Labute approximate surface area is 107 Å². The molecule has 1 aromatic carbocycles. The van der Waals surface area contributed by atoms with Crippen molar-refractivity contribution in [2.24, 2.45) is 0 Å². The number of aryl methyl sites for hydroxylation is 1. The van der Waals surface area contributed by atoms with E-state index in [1.165, 1.54) is 30.0 Å². The normalized spacial score (nSPS) is 10.3. The highest BCUT2D eigenvalue weighted by molar-refractivity contribution is 7.99. The van der Waals surface area contributed by atoms with E-state index < -0.39 is 5.97 Å². The van der Waals surface area contributed by atoms with E-state index >= 15 is 0 Å². The van der Waals surface area contributed by atoms with Gasteiger partial charge in [0.05, 0.1) is 5.56 Å². The smallest absolute Gasteiger partial charge is 0.335 e. The lowest BCUT2D eigenvalue weighted by Crippen LogP contribution is -2.07. The molecular formula is C12H10N2O3S. The van der Waals surface area contributed by atoms with Crippen LogP contribution in [-0.4, -0.2) is 21.0 Å². The molecule has 0 aliphatic heterocycles. The van der Waals surface area contributed by atoms with Crippen LogP contribution in [0.4, 0.5) is 0 Å². The minimum absolute atomic E-state index is 0.202. The molecule has 5 nitrogen and oxygen atoms in total. The number of benzene rings is 1. The number of H-pyrrole nitrogens is 1. The number of rotatable bonds is 3. The first kappa shape index (κ1) is 12.4. The maximum Gasteiger partial charge on any atom is 0.335 e. The molecular weight excluding hydrogens is 252 g/mol. The number of hydrogen-bond donors (Lipinski definition) is 2. The minimum Gasteiger partial charge on any atom is -0.478 e. The summed E-state index contributed by atoms with van der Waals surface area (Å²) in [7, 11) is 0. The fraction of sp³-hybridized carbons (Fsp3) is 0.0833. The van der Waals surface area contributed by atoms with Gasteiger partial charge in [0, 0.05) is 16.7 Å². The third-order valence-corrected chi connectivity index (χ3v) is 3.06. The summed E-state index contributed by atoms with van der Waals surface area (Å²) in [5.41, 5.74) is 0.667. The maximum absolute atomic E-state index is 11.3. The van der Waals surface area contributed by atoms with Gasteiger partial charge in [0.1, 0.15) is 0 Å². The van der Waals surface area contributed by atoms with E-state index in [-0.39, 0.29) is 11.1 Å². The lowest BCUT2D eigenvalue weighted by atomic mass is 10.2. The minimum atomic E-state index is -0.964. The second kappa shape index (κ2) is 5.05. The van der Waals surface area contributed by atoms with Crippen molar-refractivity contribution < 1.29 is 9.90 Å². The molecule has 1 aromatic heterocycles. The zero-order chi connectivity index (χ0) is 13.1. The second-order valence-electron chi connectivity index (χ2n) is 3.62. The molecule has 0 bridgehead atoms. The number of aromatic nitrogens is 2. The van der Waals surface area contributed by atoms with Gasteiger partial charge in [0.15, 0.2) is 5.16 Å². The summed E-state index contributed by atoms with van der Waals surface area (Å²) in [6, 6.07) is 7.79. The number of hydrogen-bond acceptors (Lipinski definition) is 4. The highest BCUT2D eigenvalue weighted by Crippen LogP contribution is 2.23. The van der Waals surface area contributed by atoms with Crippen molar-refractivity contribution in [2.45, 2.75) is 17.0 Å². The van der Waals surface area contributed by atoms with Gasteiger partial charge >= 0.3 is 5.97 Å². The lowest BCUT2D eigenvalue weighted by molar-refractivity contribution is 0.0697. The van der Waals surface area contributed by atoms with Gasteiger partial charge in [-0.1, -0.05) is 11.8 Å². The van der Waals surface area contributed by atoms with Gasteiger partial charge in [0.25, 0.3) is 5.56 Å². The first-order chi connectivity index (χ1) is 8.54. The molecule has 0 unspecified atom stereocenters. The molecule has 0 radical (unpaired) electrons. The summed E-state index contributed by atoms with van der Waals surface area (Å²) >= 11 is 1.28. The Kier molecular flexibility index (Phi) is 3.47. The van der Waals surface area contributed by atoms with Crippen molar-refractivity contribution >= 4 is 17.7 Å². The van der Waals surface area contributed by atoms with Crippen LogP contribution in [0, 0.1) is 6.92 Å². The Morgan fingerprint density at radius 2 is 2.00 bits per heavy atom. The second-order valence-corrected chi connectivity index (χ2v) is 4.69. The summed E-state index contributed by atoms with van der Waals surface area (Å²) < 4.78 is 0. The molecule has 6 heteroatoms. The average Bonchev–Trinajstić information content (AvgIpc) is 2.28. The number of nitrogens with one attached hydrogen (secondary N) is 1. The van der Waals surface area contributed by atoms with Gasteiger partial charge in [0.2, 0.25) is 0 Å². The maximum atomic E-state index is 11.3. The van der Waals surface area contributed by atoms with Crippen LogP contribution in [0.5, 0.6) is 0 Å². The van der Waals surface area contributed by atoms with Crippen LogP contribution in [-0.2, 0) is 0 Å².